The number of hydrogen-bond donors (Lipinski definition) is 1. The van der Waals surface area contributed by atoms with E-state index in [1.54, 1.807) is 16.9 Å². The standard InChI is InChI=1S/C19H21N5O/c1-13(9-14(2)21)12-25-18-4-3-15(10-16(18)11-20)17-5-7-22-19-6-8-23-24(17)19/h3-8,10,13-14H,9,12,21H2,1-2H3. The summed E-state index contributed by atoms with van der Waals surface area (Å²) in [6.45, 7) is 4.61. The molecule has 2 aromatic heterocycles. The number of nitriles is 1. The van der Waals surface area contributed by atoms with Crippen LogP contribution in [0.2, 0.25) is 0 Å². The van der Waals surface area contributed by atoms with E-state index in [2.05, 4.69) is 23.1 Å². The van der Waals surface area contributed by atoms with Crippen molar-refractivity contribution in [3.8, 4) is 23.1 Å². The molecule has 0 saturated carbocycles. The fourth-order valence-electron chi connectivity index (χ4n) is 2.89. The van der Waals surface area contributed by atoms with Crippen LogP contribution in [0.25, 0.3) is 16.9 Å². The van der Waals surface area contributed by atoms with Gasteiger partial charge in [0.05, 0.1) is 24.1 Å². The molecule has 2 unspecified atom stereocenters. The Hall–Kier alpha value is -2.91. The van der Waals surface area contributed by atoms with Gasteiger partial charge in [-0.15, -0.1) is 0 Å². The van der Waals surface area contributed by atoms with Crippen LogP contribution >= 0.6 is 0 Å². The zero-order valence-corrected chi connectivity index (χ0v) is 14.4. The molecule has 1 aromatic carbocycles. The molecule has 0 saturated heterocycles. The average molecular weight is 335 g/mol. The predicted molar refractivity (Wildman–Crippen MR) is 96.1 cm³/mol. The van der Waals surface area contributed by atoms with Gasteiger partial charge in [-0.25, -0.2) is 9.50 Å². The SMILES string of the molecule is CC(N)CC(C)COc1ccc(-c2ccnc3ccnn23)cc1C#N. The fraction of sp³-hybridized carbons (Fsp3) is 0.316. The van der Waals surface area contributed by atoms with Gasteiger partial charge in [0.2, 0.25) is 0 Å². The minimum absolute atomic E-state index is 0.139. The summed E-state index contributed by atoms with van der Waals surface area (Å²) in [5.41, 5.74) is 8.86. The second-order valence-corrected chi connectivity index (χ2v) is 6.38. The molecule has 0 bridgehead atoms. The van der Waals surface area contributed by atoms with Crippen LogP contribution in [0.4, 0.5) is 0 Å². The van der Waals surface area contributed by atoms with Crippen molar-refractivity contribution in [1.29, 1.82) is 5.26 Å². The number of benzene rings is 1. The quantitative estimate of drug-likeness (QED) is 0.748. The summed E-state index contributed by atoms with van der Waals surface area (Å²) in [6.07, 6.45) is 4.32. The molecule has 0 amide bonds. The lowest BCUT2D eigenvalue weighted by molar-refractivity contribution is 0.246. The third kappa shape index (κ3) is 3.78. The number of fused-ring (bicyclic) bond motifs is 1. The molecule has 2 atom stereocenters. The number of ether oxygens (including phenoxy) is 1. The lowest BCUT2D eigenvalue weighted by Crippen LogP contribution is -2.21. The molecule has 3 aromatic rings. The lowest BCUT2D eigenvalue weighted by atomic mass is 10.0. The predicted octanol–water partition coefficient (Wildman–Crippen LogP) is 3.02. The molecule has 0 aliphatic heterocycles. The summed E-state index contributed by atoms with van der Waals surface area (Å²) >= 11 is 0. The van der Waals surface area contributed by atoms with Gasteiger partial charge in [-0.3, -0.25) is 0 Å². The second-order valence-electron chi connectivity index (χ2n) is 6.38. The highest BCUT2D eigenvalue weighted by Crippen LogP contribution is 2.27. The van der Waals surface area contributed by atoms with Gasteiger partial charge in [-0.1, -0.05) is 6.92 Å². The van der Waals surface area contributed by atoms with Crippen molar-refractivity contribution < 1.29 is 4.74 Å². The Morgan fingerprint density at radius 1 is 1.24 bits per heavy atom. The summed E-state index contributed by atoms with van der Waals surface area (Å²) in [7, 11) is 0. The summed E-state index contributed by atoms with van der Waals surface area (Å²) in [4.78, 5) is 4.26. The van der Waals surface area contributed by atoms with Crippen LogP contribution in [0.3, 0.4) is 0 Å². The average Bonchev–Trinajstić information content (AvgIpc) is 3.08. The molecule has 0 aliphatic carbocycles. The van der Waals surface area contributed by atoms with Gasteiger partial charge >= 0.3 is 0 Å². The van der Waals surface area contributed by atoms with Crippen molar-refractivity contribution in [2.24, 2.45) is 11.7 Å². The minimum atomic E-state index is 0.139. The van der Waals surface area contributed by atoms with Crippen molar-refractivity contribution in [3.05, 3.63) is 48.3 Å². The van der Waals surface area contributed by atoms with Crippen LogP contribution < -0.4 is 10.5 Å². The zero-order chi connectivity index (χ0) is 17.8. The first-order chi connectivity index (χ1) is 12.1. The minimum Gasteiger partial charge on any atom is -0.492 e. The van der Waals surface area contributed by atoms with Crippen LogP contribution in [0.5, 0.6) is 5.75 Å². The van der Waals surface area contributed by atoms with Crippen molar-refractivity contribution in [2.75, 3.05) is 6.61 Å². The molecule has 0 spiro atoms. The Morgan fingerprint density at radius 3 is 2.84 bits per heavy atom. The van der Waals surface area contributed by atoms with Crippen LogP contribution in [0, 0.1) is 17.2 Å². The van der Waals surface area contributed by atoms with Gasteiger partial charge in [0.15, 0.2) is 5.65 Å². The topological polar surface area (TPSA) is 89.2 Å². The zero-order valence-electron chi connectivity index (χ0n) is 14.4. The summed E-state index contributed by atoms with van der Waals surface area (Å²) in [6, 6.07) is 11.7. The van der Waals surface area contributed by atoms with Gasteiger partial charge in [0.1, 0.15) is 11.8 Å². The van der Waals surface area contributed by atoms with E-state index in [1.807, 2.05) is 37.3 Å². The molecule has 0 radical (unpaired) electrons. The van der Waals surface area contributed by atoms with Gasteiger partial charge < -0.3 is 10.5 Å². The Labute approximate surface area is 146 Å². The maximum atomic E-state index is 9.49. The highest BCUT2D eigenvalue weighted by Gasteiger charge is 2.12. The van der Waals surface area contributed by atoms with Crippen molar-refractivity contribution in [3.63, 3.8) is 0 Å². The van der Waals surface area contributed by atoms with Gasteiger partial charge in [-0.2, -0.15) is 10.4 Å². The molecule has 128 valence electrons. The first-order valence-electron chi connectivity index (χ1n) is 8.30. The van der Waals surface area contributed by atoms with E-state index in [0.717, 1.165) is 23.3 Å². The van der Waals surface area contributed by atoms with Crippen LogP contribution in [-0.4, -0.2) is 27.2 Å². The number of aromatic nitrogens is 3. The molecule has 0 fully saturated rings. The monoisotopic (exact) mass is 335 g/mol. The Kier molecular flexibility index (Phi) is 4.96. The van der Waals surface area contributed by atoms with E-state index < -0.39 is 0 Å². The van der Waals surface area contributed by atoms with E-state index in [4.69, 9.17) is 10.5 Å². The fourth-order valence-corrected chi connectivity index (χ4v) is 2.89. The summed E-state index contributed by atoms with van der Waals surface area (Å²) < 4.78 is 7.59. The second kappa shape index (κ2) is 7.32. The molecule has 25 heavy (non-hydrogen) atoms. The highest BCUT2D eigenvalue weighted by atomic mass is 16.5. The van der Waals surface area contributed by atoms with Crippen LogP contribution in [-0.2, 0) is 0 Å². The third-order valence-corrected chi connectivity index (χ3v) is 3.98. The molecule has 0 aliphatic rings. The van der Waals surface area contributed by atoms with Crippen LogP contribution in [0.1, 0.15) is 25.8 Å². The van der Waals surface area contributed by atoms with E-state index >= 15 is 0 Å². The van der Waals surface area contributed by atoms with E-state index in [9.17, 15) is 5.26 Å². The van der Waals surface area contributed by atoms with E-state index in [-0.39, 0.29) is 6.04 Å². The third-order valence-electron chi connectivity index (χ3n) is 3.98. The molecule has 6 nitrogen and oxygen atoms in total. The first-order valence-corrected chi connectivity index (χ1v) is 8.30. The van der Waals surface area contributed by atoms with Crippen molar-refractivity contribution >= 4 is 5.65 Å². The molecular formula is C19H21N5O. The number of hydrogen-bond acceptors (Lipinski definition) is 5. The smallest absolute Gasteiger partial charge is 0.155 e. The van der Waals surface area contributed by atoms with Gasteiger partial charge in [0.25, 0.3) is 0 Å². The molecule has 6 heteroatoms. The Bertz CT molecular complexity index is 910. The summed E-state index contributed by atoms with van der Waals surface area (Å²) in [5, 5.41) is 13.8. The maximum Gasteiger partial charge on any atom is 0.155 e. The number of nitrogens with two attached hydrogens (primary N) is 1. The highest BCUT2D eigenvalue weighted by molar-refractivity contribution is 5.66. The van der Waals surface area contributed by atoms with Gasteiger partial charge in [-0.05, 0) is 43.5 Å². The normalized spacial score (nSPS) is 13.4. The molecule has 2 heterocycles. The maximum absolute atomic E-state index is 9.49. The van der Waals surface area contributed by atoms with E-state index in [1.165, 1.54) is 0 Å². The summed E-state index contributed by atoms with van der Waals surface area (Å²) in [5.74, 6) is 0.920. The van der Waals surface area contributed by atoms with Crippen LogP contribution in [0.15, 0.2) is 42.7 Å². The lowest BCUT2D eigenvalue weighted by Gasteiger charge is -2.16. The van der Waals surface area contributed by atoms with Crippen molar-refractivity contribution in [1.82, 2.24) is 14.6 Å². The van der Waals surface area contributed by atoms with E-state index in [0.29, 0.717) is 23.8 Å². The number of nitrogens with zero attached hydrogens (tertiary/aromatic N) is 4. The molecular weight excluding hydrogens is 314 g/mol. The largest absolute Gasteiger partial charge is 0.492 e. The Balaban J connectivity index is 1.85. The molecule has 3 rings (SSSR count). The molecule has 2 N–H and O–H groups in total. The van der Waals surface area contributed by atoms with Gasteiger partial charge in [0, 0.05) is 23.9 Å². The number of rotatable bonds is 6. The van der Waals surface area contributed by atoms with Crippen molar-refractivity contribution in [2.45, 2.75) is 26.3 Å². The first kappa shape index (κ1) is 16.9. The Morgan fingerprint density at radius 2 is 2.08 bits per heavy atom.